The van der Waals surface area contributed by atoms with E-state index in [-0.39, 0.29) is 0 Å². The van der Waals surface area contributed by atoms with Crippen molar-refractivity contribution in [2.24, 2.45) is 5.73 Å². The van der Waals surface area contributed by atoms with E-state index in [1.807, 2.05) is 0 Å². The Labute approximate surface area is 48.8 Å². The number of rotatable bonds is 0. The predicted molar refractivity (Wildman–Crippen MR) is 26.0 cm³/mol. The van der Waals surface area contributed by atoms with Gasteiger partial charge in [-0.1, -0.05) is 0 Å². The molecule has 2 nitrogen and oxygen atoms in total. The highest BCUT2D eigenvalue weighted by molar-refractivity contribution is 7.80. The highest BCUT2D eigenvalue weighted by atomic mass is 32.1. The van der Waals surface area contributed by atoms with Gasteiger partial charge in [0.05, 0.1) is 0 Å². The molecule has 0 aromatic carbocycles. The summed E-state index contributed by atoms with van der Waals surface area (Å²) >= 11 is 3.89. The number of nitrogens with one attached hydrogen (secondary N) is 1. The van der Waals surface area contributed by atoms with E-state index in [4.69, 9.17) is 0 Å². The van der Waals surface area contributed by atoms with E-state index in [0.717, 1.165) is 5.32 Å². The molecule has 0 rings (SSSR count). The Balaban J connectivity index is 3.55. The molecule has 8 heavy (non-hydrogen) atoms. The SMILES string of the molecule is NC(=S)NC(F)(F)F. The maximum absolute atomic E-state index is 11.0. The van der Waals surface area contributed by atoms with Gasteiger partial charge in [-0.2, -0.15) is 13.2 Å². The second kappa shape index (κ2) is 2.17. The van der Waals surface area contributed by atoms with Crippen LogP contribution in [0.2, 0.25) is 0 Å². The molecule has 0 saturated carbocycles. The van der Waals surface area contributed by atoms with Crippen molar-refractivity contribution in [2.75, 3.05) is 0 Å². The van der Waals surface area contributed by atoms with Crippen LogP contribution in [0.1, 0.15) is 0 Å². The summed E-state index contributed by atoms with van der Waals surface area (Å²) in [6.07, 6.45) is -4.49. The predicted octanol–water partition coefficient (Wildman–Crippen LogP) is 0.339. The molecule has 0 amide bonds. The molecule has 3 N–H and O–H groups in total. The molecule has 0 bridgehead atoms. The fourth-order valence-corrected chi connectivity index (χ4v) is 0.255. The number of hydrogen-bond acceptors (Lipinski definition) is 1. The van der Waals surface area contributed by atoms with Crippen LogP contribution < -0.4 is 11.1 Å². The molecule has 0 aliphatic rings. The van der Waals surface area contributed by atoms with E-state index < -0.39 is 11.4 Å². The first kappa shape index (κ1) is 7.48. The van der Waals surface area contributed by atoms with Crippen LogP contribution in [0.5, 0.6) is 0 Å². The van der Waals surface area contributed by atoms with Crippen molar-refractivity contribution < 1.29 is 13.2 Å². The first-order valence-electron chi connectivity index (χ1n) is 1.56. The van der Waals surface area contributed by atoms with Crippen molar-refractivity contribution in [3.63, 3.8) is 0 Å². The second-order valence-corrected chi connectivity index (χ2v) is 1.43. The van der Waals surface area contributed by atoms with E-state index >= 15 is 0 Å². The number of halogens is 3. The van der Waals surface area contributed by atoms with Gasteiger partial charge in [-0.05, 0) is 12.2 Å². The molecule has 0 aliphatic heterocycles. The van der Waals surface area contributed by atoms with Crippen molar-refractivity contribution in [1.29, 1.82) is 0 Å². The van der Waals surface area contributed by atoms with Crippen LogP contribution in [0.3, 0.4) is 0 Å². The zero-order valence-electron chi connectivity index (χ0n) is 3.62. The number of hydrogen-bond donors (Lipinski definition) is 2. The lowest BCUT2D eigenvalue weighted by atomic mass is 11.0. The van der Waals surface area contributed by atoms with Crippen LogP contribution >= 0.6 is 12.2 Å². The quantitative estimate of drug-likeness (QED) is 0.380. The highest BCUT2D eigenvalue weighted by Crippen LogP contribution is 2.07. The lowest BCUT2D eigenvalue weighted by Crippen LogP contribution is -2.40. The van der Waals surface area contributed by atoms with E-state index in [2.05, 4.69) is 18.0 Å². The third-order valence-corrected chi connectivity index (χ3v) is 0.367. The molecular formula is C2H3F3N2S. The minimum absolute atomic E-state index is 0.766. The monoisotopic (exact) mass is 144 g/mol. The standard InChI is InChI=1S/C2H3F3N2S/c3-2(4,5)7-1(6)8/h(H3,6,7,8). The van der Waals surface area contributed by atoms with Crippen molar-refractivity contribution in [2.45, 2.75) is 6.30 Å². The summed E-state index contributed by atoms with van der Waals surface area (Å²) in [5.41, 5.74) is 4.48. The van der Waals surface area contributed by atoms with Gasteiger partial charge < -0.3 is 5.73 Å². The van der Waals surface area contributed by atoms with Crippen molar-refractivity contribution in [3.8, 4) is 0 Å². The van der Waals surface area contributed by atoms with Gasteiger partial charge in [-0.25, -0.2) is 0 Å². The molecule has 0 fully saturated rings. The lowest BCUT2D eigenvalue weighted by molar-refractivity contribution is -0.141. The molecule has 0 radical (unpaired) electrons. The Morgan fingerprint density at radius 3 is 1.88 bits per heavy atom. The minimum Gasteiger partial charge on any atom is -0.376 e. The Hall–Kier alpha value is -0.520. The summed E-state index contributed by atoms with van der Waals surface area (Å²) in [7, 11) is 0. The maximum Gasteiger partial charge on any atom is 0.484 e. The number of alkyl halides is 3. The van der Waals surface area contributed by atoms with Gasteiger partial charge in [0.15, 0.2) is 5.11 Å². The van der Waals surface area contributed by atoms with Crippen LogP contribution in [-0.4, -0.2) is 11.4 Å². The molecule has 0 aromatic heterocycles. The number of nitrogens with two attached hydrogens (primary N) is 1. The summed E-state index contributed by atoms with van der Waals surface area (Å²) in [6.45, 7) is 0. The van der Waals surface area contributed by atoms with Crippen LogP contribution in [0, 0.1) is 0 Å². The summed E-state index contributed by atoms with van der Waals surface area (Å²) in [4.78, 5) is 0. The summed E-state index contributed by atoms with van der Waals surface area (Å²) in [6, 6.07) is 0. The van der Waals surface area contributed by atoms with Crippen LogP contribution in [-0.2, 0) is 0 Å². The topological polar surface area (TPSA) is 38.0 Å². The molecule has 48 valence electrons. The number of thiocarbonyl (C=S) groups is 1. The van der Waals surface area contributed by atoms with E-state index in [0.29, 0.717) is 0 Å². The smallest absolute Gasteiger partial charge is 0.376 e. The Bertz CT molecular complexity index is 97.9. The second-order valence-electron chi connectivity index (χ2n) is 0.987. The van der Waals surface area contributed by atoms with E-state index in [1.165, 1.54) is 0 Å². The molecule has 0 saturated heterocycles. The molecule has 0 atom stereocenters. The largest absolute Gasteiger partial charge is 0.484 e. The third kappa shape index (κ3) is 5.48. The van der Waals surface area contributed by atoms with Crippen LogP contribution in [0.25, 0.3) is 0 Å². The molecule has 0 spiro atoms. The zero-order chi connectivity index (χ0) is 6.78. The van der Waals surface area contributed by atoms with Gasteiger partial charge in [0.1, 0.15) is 0 Å². The molecule has 0 aliphatic carbocycles. The van der Waals surface area contributed by atoms with Crippen LogP contribution in [0.4, 0.5) is 13.2 Å². The van der Waals surface area contributed by atoms with Crippen molar-refractivity contribution in [3.05, 3.63) is 0 Å². The highest BCUT2D eigenvalue weighted by Gasteiger charge is 2.27. The molecular weight excluding hydrogens is 141 g/mol. The first-order chi connectivity index (χ1) is 3.42. The van der Waals surface area contributed by atoms with Gasteiger partial charge >= 0.3 is 6.30 Å². The van der Waals surface area contributed by atoms with Gasteiger partial charge in [-0.3, -0.25) is 5.32 Å². The van der Waals surface area contributed by atoms with Crippen molar-refractivity contribution >= 4 is 17.3 Å². The Kier molecular flexibility index (Phi) is 2.02. The summed E-state index contributed by atoms with van der Waals surface area (Å²) in [5.74, 6) is 0. The van der Waals surface area contributed by atoms with E-state index in [9.17, 15) is 13.2 Å². The van der Waals surface area contributed by atoms with Crippen LogP contribution in [0.15, 0.2) is 0 Å². The first-order valence-corrected chi connectivity index (χ1v) is 1.97. The maximum atomic E-state index is 11.0. The van der Waals surface area contributed by atoms with Gasteiger partial charge in [0, 0.05) is 0 Å². The van der Waals surface area contributed by atoms with Gasteiger partial charge in [0.25, 0.3) is 0 Å². The average Bonchev–Trinajstić information content (AvgIpc) is 1.21. The summed E-state index contributed by atoms with van der Waals surface area (Å²) in [5, 5.41) is 0.125. The van der Waals surface area contributed by atoms with Gasteiger partial charge in [0.2, 0.25) is 0 Å². The molecule has 0 aromatic rings. The third-order valence-electron chi connectivity index (χ3n) is 0.265. The normalized spacial score (nSPS) is 10.9. The Morgan fingerprint density at radius 2 is 1.88 bits per heavy atom. The molecule has 0 unspecified atom stereocenters. The lowest BCUT2D eigenvalue weighted by Gasteiger charge is -2.05. The average molecular weight is 144 g/mol. The Morgan fingerprint density at radius 1 is 1.50 bits per heavy atom. The van der Waals surface area contributed by atoms with E-state index in [1.54, 1.807) is 0 Å². The zero-order valence-corrected chi connectivity index (χ0v) is 4.44. The molecule has 0 heterocycles. The summed E-state index contributed by atoms with van der Waals surface area (Å²) < 4.78 is 33.1. The van der Waals surface area contributed by atoms with Gasteiger partial charge in [-0.15, -0.1) is 0 Å². The fraction of sp³-hybridized carbons (Fsp3) is 0.500. The molecule has 6 heteroatoms. The van der Waals surface area contributed by atoms with Crippen molar-refractivity contribution in [1.82, 2.24) is 5.32 Å². The minimum atomic E-state index is -4.49. The fourth-order valence-electron chi connectivity index (χ4n) is 0.140.